The number of carbonyl (C=O) groups is 2. The normalized spacial score (nSPS) is 13.7. The van der Waals surface area contributed by atoms with E-state index in [1.54, 1.807) is 50.6 Å². The van der Waals surface area contributed by atoms with Gasteiger partial charge in [-0.15, -0.1) is 0 Å². The second-order valence-corrected chi connectivity index (χ2v) is 15.3. The maximum absolute atomic E-state index is 13.1. The van der Waals surface area contributed by atoms with Crippen LogP contribution in [0.4, 0.5) is 15.4 Å². The molecule has 1 fully saturated rings. The predicted octanol–water partition coefficient (Wildman–Crippen LogP) is 6.21. The van der Waals surface area contributed by atoms with Gasteiger partial charge in [0, 0.05) is 42.2 Å². The number of hydrogen-bond acceptors (Lipinski definition) is 11. The van der Waals surface area contributed by atoms with Gasteiger partial charge >= 0.3 is 19.3 Å². The average molecular weight is 743 g/mol. The largest absolute Gasteiger partial charge is 0.506 e. The van der Waals surface area contributed by atoms with Crippen molar-refractivity contribution >= 4 is 52.5 Å². The second kappa shape index (κ2) is 16.5. The SMILES string of the molecule is COc1ccc2c(c1)cc(-c1ccc(N3CCC(CCO)CC3)nc1)n2C(=O)OC(C)(C)C.COc1ccc2c(c1)cc(B(O)O)n2C(=O)OC(C)(C)C. The minimum atomic E-state index is -1.78. The summed E-state index contributed by atoms with van der Waals surface area (Å²) in [6.45, 7) is 13.0. The highest BCUT2D eigenvalue weighted by Gasteiger charge is 2.28. The smallest absolute Gasteiger partial charge is 0.497 e. The first-order chi connectivity index (χ1) is 25.5. The van der Waals surface area contributed by atoms with Gasteiger partial charge in [-0.2, -0.15) is 0 Å². The highest BCUT2D eigenvalue weighted by atomic mass is 16.6. The Morgan fingerprint density at radius 1 is 0.778 bits per heavy atom. The summed E-state index contributed by atoms with van der Waals surface area (Å²) in [5.74, 6) is 2.87. The molecule has 4 heterocycles. The van der Waals surface area contributed by atoms with Crippen molar-refractivity contribution in [2.75, 3.05) is 38.8 Å². The van der Waals surface area contributed by atoms with Crippen LogP contribution in [0.25, 0.3) is 33.1 Å². The molecule has 0 amide bonds. The molecule has 6 rings (SSSR count). The van der Waals surface area contributed by atoms with Gasteiger partial charge in [0.25, 0.3) is 0 Å². The van der Waals surface area contributed by atoms with E-state index in [1.807, 2.05) is 63.4 Å². The van der Waals surface area contributed by atoms with Crippen LogP contribution >= 0.6 is 0 Å². The Labute approximate surface area is 316 Å². The number of pyridine rings is 1. The summed E-state index contributed by atoms with van der Waals surface area (Å²) in [5, 5.41) is 29.7. The Morgan fingerprint density at radius 3 is 1.80 bits per heavy atom. The van der Waals surface area contributed by atoms with E-state index in [1.165, 1.54) is 13.2 Å². The van der Waals surface area contributed by atoms with Gasteiger partial charge in [0.1, 0.15) is 28.5 Å². The molecule has 13 nitrogen and oxygen atoms in total. The number of aromatic nitrogens is 3. The lowest BCUT2D eigenvalue weighted by Crippen LogP contribution is -2.40. The highest BCUT2D eigenvalue weighted by Crippen LogP contribution is 2.33. The summed E-state index contributed by atoms with van der Waals surface area (Å²) in [5.41, 5.74) is 1.61. The molecular formula is C40H51BN4O9. The monoisotopic (exact) mass is 742 g/mol. The number of piperidine rings is 1. The van der Waals surface area contributed by atoms with E-state index in [2.05, 4.69) is 4.90 Å². The Kier molecular flexibility index (Phi) is 12.3. The Balaban J connectivity index is 0.000000230. The number of nitrogens with zero attached hydrogens (tertiary/aromatic N) is 4. The Morgan fingerprint density at radius 2 is 1.31 bits per heavy atom. The van der Waals surface area contributed by atoms with Gasteiger partial charge in [-0.3, -0.25) is 4.57 Å². The fourth-order valence-electron chi connectivity index (χ4n) is 6.44. The van der Waals surface area contributed by atoms with Crippen LogP contribution in [0.5, 0.6) is 11.5 Å². The first-order valence-electron chi connectivity index (χ1n) is 18.1. The van der Waals surface area contributed by atoms with E-state index < -0.39 is 30.5 Å². The summed E-state index contributed by atoms with van der Waals surface area (Å²) in [6, 6.07) is 18.2. The third-order valence-corrected chi connectivity index (χ3v) is 8.98. The molecule has 0 aliphatic carbocycles. The van der Waals surface area contributed by atoms with E-state index in [9.17, 15) is 24.7 Å². The van der Waals surface area contributed by atoms with Gasteiger partial charge in [-0.25, -0.2) is 19.1 Å². The lowest BCUT2D eigenvalue weighted by atomic mass is 9.86. The minimum absolute atomic E-state index is 0.0486. The van der Waals surface area contributed by atoms with Crippen molar-refractivity contribution in [2.45, 2.75) is 72.0 Å². The lowest BCUT2D eigenvalue weighted by molar-refractivity contribution is 0.0536. The average Bonchev–Trinajstić information content (AvgIpc) is 3.70. The molecule has 54 heavy (non-hydrogen) atoms. The fourth-order valence-corrected chi connectivity index (χ4v) is 6.44. The number of methoxy groups -OCH3 is 2. The lowest BCUT2D eigenvalue weighted by Gasteiger charge is -2.32. The Bertz CT molecular complexity index is 2070. The van der Waals surface area contributed by atoms with Crippen LogP contribution in [0.15, 0.2) is 66.9 Å². The molecule has 0 spiro atoms. The number of benzene rings is 2. The molecule has 3 N–H and O–H groups in total. The summed E-state index contributed by atoms with van der Waals surface area (Å²) >= 11 is 0. The number of carbonyl (C=O) groups excluding carboxylic acids is 2. The van der Waals surface area contributed by atoms with E-state index in [4.69, 9.17) is 23.9 Å². The van der Waals surface area contributed by atoms with Gasteiger partial charge < -0.3 is 39.0 Å². The van der Waals surface area contributed by atoms with Gasteiger partial charge in [0.15, 0.2) is 0 Å². The van der Waals surface area contributed by atoms with Crippen molar-refractivity contribution in [1.29, 1.82) is 0 Å². The van der Waals surface area contributed by atoms with Crippen molar-refractivity contribution in [1.82, 2.24) is 14.1 Å². The zero-order chi connectivity index (χ0) is 39.4. The van der Waals surface area contributed by atoms with Crippen molar-refractivity contribution in [3.8, 4) is 22.8 Å². The molecular weight excluding hydrogens is 691 g/mol. The van der Waals surface area contributed by atoms with Crippen LogP contribution in [0.3, 0.4) is 0 Å². The number of anilines is 1. The van der Waals surface area contributed by atoms with E-state index in [0.717, 1.165) is 70.6 Å². The van der Waals surface area contributed by atoms with E-state index in [-0.39, 0.29) is 12.2 Å². The van der Waals surface area contributed by atoms with Crippen LogP contribution in [0.2, 0.25) is 0 Å². The first-order valence-corrected chi connectivity index (χ1v) is 18.1. The van der Waals surface area contributed by atoms with E-state index in [0.29, 0.717) is 22.6 Å². The van der Waals surface area contributed by atoms with Crippen LogP contribution in [-0.4, -0.2) is 93.7 Å². The van der Waals surface area contributed by atoms with Crippen LogP contribution in [-0.2, 0) is 9.47 Å². The number of aliphatic hydroxyl groups is 1. The van der Waals surface area contributed by atoms with Gasteiger partial charge in [0.05, 0.1) is 36.5 Å². The Hall–Kier alpha value is -5.05. The quantitative estimate of drug-likeness (QED) is 0.163. The topological polar surface area (TPSA) is 158 Å². The molecule has 14 heteroatoms. The van der Waals surface area contributed by atoms with Crippen molar-refractivity contribution in [3.05, 3.63) is 66.9 Å². The van der Waals surface area contributed by atoms with Crippen molar-refractivity contribution < 1.29 is 43.7 Å². The molecule has 0 bridgehead atoms. The van der Waals surface area contributed by atoms with Gasteiger partial charge in [-0.1, -0.05) is 0 Å². The van der Waals surface area contributed by atoms with Crippen LogP contribution in [0, 0.1) is 5.92 Å². The van der Waals surface area contributed by atoms with Gasteiger partial charge in [0.2, 0.25) is 0 Å². The molecule has 0 atom stereocenters. The molecule has 5 aromatic rings. The number of rotatable bonds is 7. The number of fused-ring (bicyclic) bond motifs is 2. The molecule has 1 saturated heterocycles. The molecule has 288 valence electrons. The van der Waals surface area contributed by atoms with Crippen molar-refractivity contribution in [3.63, 3.8) is 0 Å². The third kappa shape index (κ3) is 9.54. The number of ether oxygens (including phenoxy) is 4. The van der Waals surface area contributed by atoms with E-state index >= 15 is 0 Å². The molecule has 0 unspecified atom stereocenters. The molecule has 2 aromatic carbocycles. The van der Waals surface area contributed by atoms with Crippen molar-refractivity contribution in [2.24, 2.45) is 5.92 Å². The fraction of sp³-hybridized carbons (Fsp3) is 0.425. The predicted molar refractivity (Wildman–Crippen MR) is 210 cm³/mol. The second-order valence-electron chi connectivity index (χ2n) is 15.3. The summed E-state index contributed by atoms with van der Waals surface area (Å²) in [4.78, 5) is 32.4. The molecule has 1 aliphatic rings. The molecule has 0 saturated carbocycles. The maximum Gasteiger partial charge on any atom is 0.506 e. The highest BCUT2D eigenvalue weighted by molar-refractivity contribution is 6.59. The first kappa shape index (κ1) is 40.1. The maximum atomic E-state index is 13.1. The molecule has 3 aromatic heterocycles. The zero-order valence-electron chi connectivity index (χ0n) is 32.3. The summed E-state index contributed by atoms with van der Waals surface area (Å²) in [7, 11) is 1.38. The zero-order valence-corrected chi connectivity index (χ0v) is 32.3. The van der Waals surface area contributed by atoms with Crippen LogP contribution < -0.4 is 20.0 Å². The minimum Gasteiger partial charge on any atom is -0.497 e. The van der Waals surface area contributed by atoms with Crippen LogP contribution in [0.1, 0.15) is 60.8 Å². The summed E-state index contributed by atoms with van der Waals surface area (Å²) < 4.78 is 24.3. The van der Waals surface area contributed by atoms with Gasteiger partial charge in [-0.05, 0) is 127 Å². The standard InChI is InChI=1S/C26H33N3O4.C14H18BNO5/c1-26(2,3)33-25(31)29-22-7-6-21(32-4)15-20(22)16-23(29)19-5-8-24(27-17-19)28-12-9-18(10-13-28)11-14-30;1-14(2,3)21-13(17)16-11-6-5-10(20-4)7-9(11)8-12(16)15(18)19/h5-8,15-18,30H,9-14H2,1-4H3;5-8,18-19H,1-4H3. The third-order valence-electron chi connectivity index (χ3n) is 8.98. The summed E-state index contributed by atoms with van der Waals surface area (Å²) in [6.07, 6.45) is 3.75. The molecule has 0 radical (unpaired) electrons. The number of aliphatic hydroxyl groups excluding tert-OH is 1. The molecule has 1 aliphatic heterocycles. The number of hydrogen-bond donors (Lipinski definition) is 3.